The summed E-state index contributed by atoms with van der Waals surface area (Å²) in [5.41, 5.74) is 2.16. The van der Waals surface area contributed by atoms with E-state index in [0.717, 1.165) is 17.5 Å². The largest absolute Gasteiger partial charge is 0.507 e. The smallest absolute Gasteiger partial charge is 0.153 e. The van der Waals surface area contributed by atoms with Gasteiger partial charge in [-0.2, -0.15) is 0 Å². The zero-order chi connectivity index (χ0) is 13.6. The Morgan fingerprint density at radius 3 is 2.12 bits per heavy atom. The van der Waals surface area contributed by atoms with E-state index < -0.39 is 0 Å². The van der Waals surface area contributed by atoms with Crippen molar-refractivity contribution in [1.29, 1.82) is 0 Å². The molecule has 0 unspecified atom stereocenters. The Morgan fingerprint density at radius 2 is 1.76 bits per heavy atom. The summed E-state index contributed by atoms with van der Waals surface area (Å²) < 4.78 is 0. The standard InChI is InChI=1S/C13H18O2.C2H6/c1-5-9-6-10(8-14)12(15)11(7-9)13(2,3)4;1-2/h6-8,15H,5H2,1-4H3;1-2H3. The second-order valence-corrected chi connectivity index (χ2v) is 4.80. The lowest BCUT2D eigenvalue weighted by Gasteiger charge is -2.22. The molecule has 96 valence electrons. The summed E-state index contributed by atoms with van der Waals surface area (Å²) in [4.78, 5) is 10.8. The summed E-state index contributed by atoms with van der Waals surface area (Å²) in [6.07, 6.45) is 1.58. The zero-order valence-corrected chi connectivity index (χ0v) is 11.8. The van der Waals surface area contributed by atoms with E-state index in [2.05, 4.69) is 0 Å². The van der Waals surface area contributed by atoms with Crippen LogP contribution in [0.5, 0.6) is 5.75 Å². The predicted molar refractivity (Wildman–Crippen MR) is 72.9 cm³/mol. The van der Waals surface area contributed by atoms with Crippen LogP contribution >= 0.6 is 0 Å². The van der Waals surface area contributed by atoms with Gasteiger partial charge in [0.2, 0.25) is 0 Å². The molecule has 0 saturated carbocycles. The van der Waals surface area contributed by atoms with Gasteiger partial charge in [0.1, 0.15) is 5.75 Å². The van der Waals surface area contributed by atoms with Crippen molar-refractivity contribution in [2.45, 2.75) is 53.4 Å². The summed E-state index contributed by atoms with van der Waals surface area (Å²) >= 11 is 0. The fourth-order valence-corrected chi connectivity index (χ4v) is 1.58. The maximum atomic E-state index is 10.8. The van der Waals surface area contributed by atoms with Crippen molar-refractivity contribution < 1.29 is 9.90 Å². The fourth-order valence-electron chi connectivity index (χ4n) is 1.58. The van der Waals surface area contributed by atoms with Gasteiger partial charge in [-0.3, -0.25) is 4.79 Å². The first-order chi connectivity index (χ1) is 7.90. The highest BCUT2D eigenvalue weighted by atomic mass is 16.3. The molecule has 0 spiro atoms. The van der Waals surface area contributed by atoms with Crippen LogP contribution in [0.3, 0.4) is 0 Å². The highest BCUT2D eigenvalue weighted by molar-refractivity contribution is 5.80. The number of benzene rings is 1. The van der Waals surface area contributed by atoms with E-state index in [1.54, 1.807) is 6.07 Å². The van der Waals surface area contributed by atoms with E-state index in [1.165, 1.54) is 0 Å². The van der Waals surface area contributed by atoms with E-state index in [9.17, 15) is 9.90 Å². The van der Waals surface area contributed by atoms with E-state index in [4.69, 9.17) is 0 Å². The SMILES string of the molecule is CC.CCc1cc(C=O)c(O)c(C(C)(C)C)c1. The highest BCUT2D eigenvalue weighted by Gasteiger charge is 2.20. The third-order valence-electron chi connectivity index (χ3n) is 2.54. The van der Waals surface area contributed by atoms with Crippen molar-refractivity contribution in [3.05, 3.63) is 28.8 Å². The van der Waals surface area contributed by atoms with E-state index in [0.29, 0.717) is 11.8 Å². The average molecular weight is 236 g/mol. The third-order valence-corrected chi connectivity index (χ3v) is 2.54. The zero-order valence-electron chi connectivity index (χ0n) is 11.8. The maximum Gasteiger partial charge on any atom is 0.153 e. The van der Waals surface area contributed by atoms with Crippen LogP contribution in [-0.2, 0) is 11.8 Å². The Kier molecular flexibility index (Phi) is 5.94. The van der Waals surface area contributed by atoms with Gasteiger partial charge in [-0.15, -0.1) is 0 Å². The second-order valence-electron chi connectivity index (χ2n) is 4.80. The van der Waals surface area contributed by atoms with E-state index >= 15 is 0 Å². The number of hydrogen-bond acceptors (Lipinski definition) is 2. The number of phenols is 1. The van der Waals surface area contributed by atoms with Gasteiger partial charge in [-0.25, -0.2) is 0 Å². The number of aryl methyl sites for hydroxylation is 1. The van der Waals surface area contributed by atoms with E-state index in [-0.39, 0.29) is 11.2 Å². The summed E-state index contributed by atoms with van der Waals surface area (Å²) in [6.45, 7) is 12.1. The Bertz CT molecular complexity index is 373. The first-order valence-corrected chi connectivity index (χ1v) is 6.21. The molecule has 17 heavy (non-hydrogen) atoms. The third kappa shape index (κ3) is 3.88. The lowest BCUT2D eigenvalue weighted by atomic mass is 9.84. The molecular formula is C15H24O2. The molecule has 0 aliphatic carbocycles. The number of carbonyl (C=O) groups is 1. The minimum Gasteiger partial charge on any atom is -0.507 e. The topological polar surface area (TPSA) is 37.3 Å². The molecule has 0 aliphatic rings. The van der Waals surface area contributed by atoms with Crippen molar-refractivity contribution in [3.8, 4) is 5.75 Å². The van der Waals surface area contributed by atoms with Crippen LogP contribution in [0.15, 0.2) is 12.1 Å². The quantitative estimate of drug-likeness (QED) is 0.785. The van der Waals surface area contributed by atoms with Crippen molar-refractivity contribution in [3.63, 3.8) is 0 Å². The molecule has 2 heteroatoms. The van der Waals surface area contributed by atoms with Crippen LogP contribution in [-0.4, -0.2) is 11.4 Å². The number of aromatic hydroxyl groups is 1. The normalized spacial score (nSPS) is 10.5. The molecule has 0 aromatic heterocycles. The minimum atomic E-state index is -0.146. The molecule has 0 amide bonds. The Balaban J connectivity index is 0.00000121. The minimum absolute atomic E-state index is 0.120. The van der Waals surface area contributed by atoms with Crippen LogP contribution in [0.4, 0.5) is 0 Å². The predicted octanol–water partition coefficient (Wildman–Crippen LogP) is 4.09. The first-order valence-electron chi connectivity index (χ1n) is 6.21. The molecular weight excluding hydrogens is 212 g/mol. The van der Waals surface area contributed by atoms with Crippen molar-refractivity contribution >= 4 is 6.29 Å². The van der Waals surface area contributed by atoms with Gasteiger partial charge in [0.25, 0.3) is 0 Å². The Labute approximate surface area is 105 Å². The van der Waals surface area contributed by atoms with Crippen LogP contribution in [0.2, 0.25) is 0 Å². The molecule has 2 nitrogen and oxygen atoms in total. The molecule has 0 saturated heterocycles. The van der Waals surface area contributed by atoms with Gasteiger partial charge in [0, 0.05) is 5.56 Å². The van der Waals surface area contributed by atoms with Crippen molar-refractivity contribution in [2.75, 3.05) is 0 Å². The highest BCUT2D eigenvalue weighted by Crippen LogP contribution is 2.33. The molecule has 0 radical (unpaired) electrons. The van der Waals surface area contributed by atoms with Gasteiger partial charge in [0.05, 0.1) is 5.56 Å². The Hall–Kier alpha value is -1.31. The monoisotopic (exact) mass is 236 g/mol. The van der Waals surface area contributed by atoms with Crippen LogP contribution in [0.25, 0.3) is 0 Å². The first kappa shape index (κ1) is 15.7. The maximum absolute atomic E-state index is 10.8. The van der Waals surface area contributed by atoms with E-state index in [1.807, 2.05) is 47.6 Å². The molecule has 0 fully saturated rings. The number of hydrogen-bond donors (Lipinski definition) is 1. The summed E-state index contributed by atoms with van der Waals surface area (Å²) in [5, 5.41) is 9.91. The number of phenolic OH excluding ortho intramolecular Hbond substituents is 1. The summed E-state index contributed by atoms with van der Waals surface area (Å²) in [6, 6.07) is 3.72. The summed E-state index contributed by atoms with van der Waals surface area (Å²) in [5.74, 6) is 0.120. The molecule has 0 atom stereocenters. The summed E-state index contributed by atoms with van der Waals surface area (Å²) in [7, 11) is 0. The van der Waals surface area contributed by atoms with Gasteiger partial charge in [-0.1, -0.05) is 47.6 Å². The molecule has 1 aromatic carbocycles. The van der Waals surface area contributed by atoms with Crippen LogP contribution < -0.4 is 0 Å². The number of aldehydes is 1. The van der Waals surface area contributed by atoms with Gasteiger partial charge in [-0.05, 0) is 23.5 Å². The van der Waals surface area contributed by atoms with Crippen LogP contribution in [0.1, 0.15) is 63.0 Å². The molecule has 0 heterocycles. The molecule has 0 aliphatic heterocycles. The van der Waals surface area contributed by atoms with Gasteiger partial charge in [0.15, 0.2) is 6.29 Å². The molecule has 1 N–H and O–H groups in total. The molecule has 0 bridgehead atoms. The lowest BCUT2D eigenvalue weighted by Crippen LogP contribution is -2.12. The lowest BCUT2D eigenvalue weighted by molar-refractivity contribution is 0.112. The van der Waals surface area contributed by atoms with Crippen molar-refractivity contribution in [2.24, 2.45) is 0 Å². The molecule has 1 rings (SSSR count). The number of rotatable bonds is 2. The molecule has 1 aromatic rings. The van der Waals surface area contributed by atoms with Crippen molar-refractivity contribution in [1.82, 2.24) is 0 Å². The van der Waals surface area contributed by atoms with Gasteiger partial charge < -0.3 is 5.11 Å². The van der Waals surface area contributed by atoms with Crippen LogP contribution in [0, 0.1) is 0 Å². The Morgan fingerprint density at radius 1 is 1.24 bits per heavy atom. The number of carbonyl (C=O) groups excluding carboxylic acids is 1. The average Bonchev–Trinajstić information content (AvgIpc) is 2.30. The second kappa shape index (κ2) is 6.43. The van der Waals surface area contributed by atoms with Gasteiger partial charge >= 0.3 is 0 Å². The fraction of sp³-hybridized carbons (Fsp3) is 0.533.